The molecule has 11 atom stereocenters. The fraction of sp³-hybridized carbons (Fsp3) is 0.882. The molecule has 0 aromatic heterocycles. The second-order valence-corrected chi connectivity index (χ2v) is 7.81. The number of amides is 1. The minimum absolute atomic E-state index is 0.612. The second-order valence-electron chi connectivity index (χ2n) is 7.81. The highest BCUT2D eigenvalue weighted by Crippen LogP contribution is 2.33. The number of carboxylic acid groups (broad SMARTS) is 1. The van der Waals surface area contributed by atoms with Crippen molar-refractivity contribution in [3.05, 3.63) is 0 Å². The van der Waals surface area contributed by atoms with Crippen LogP contribution < -0.4 is 11.1 Å². The smallest absolute Gasteiger partial charge is 0.364 e. The Kier molecular flexibility index (Phi) is 8.88. The zero-order valence-electron chi connectivity index (χ0n) is 17.1. The number of ether oxygens (including phenoxy) is 3. The van der Waals surface area contributed by atoms with Crippen LogP contribution in [0.1, 0.15) is 13.3 Å². The summed E-state index contributed by atoms with van der Waals surface area (Å²) >= 11 is 0. The first-order valence-corrected chi connectivity index (χ1v) is 9.77. The summed E-state index contributed by atoms with van der Waals surface area (Å²) in [6.45, 7) is -0.563. The van der Waals surface area contributed by atoms with E-state index in [4.69, 9.17) is 25.1 Å². The average Bonchev–Trinajstić information content (AvgIpc) is 2.73. The third kappa shape index (κ3) is 5.52. The molecule has 15 heteroatoms. The monoisotopic (exact) mass is 470 g/mol. The third-order valence-corrected chi connectivity index (χ3v) is 5.44. The van der Waals surface area contributed by atoms with E-state index in [2.05, 4.69) is 5.32 Å². The lowest BCUT2D eigenvalue weighted by molar-refractivity contribution is -0.326. The first-order valence-electron chi connectivity index (χ1n) is 9.77. The van der Waals surface area contributed by atoms with Gasteiger partial charge in [-0.2, -0.15) is 0 Å². The van der Waals surface area contributed by atoms with Crippen molar-refractivity contribution in [2.45, 2.75) is 80.2 Å². The third-order valence-electron chi connectivity index (χ3n) is 5.44. The summed E-state index contributed by atoms with van der Waals surface area (Å²) in [4.78, 5) is 23.1. The van der Waals surface area contributed by atoms with Gasteiger partial charge >= 0.3 is 5.97 Å². The Morgan fingerprint density at radius 2 is 1.84 bits per heavy atom. The molecule has 0 bridgehead atoms. The molecule has 0 spiro atoms. The molecule has 2 aliphatic heterocycles. The summed E-state index contributed by atoms with van der Waals surface area (Å²) < 4.78 is 15.7. The van der Waals surface area contributed by atoms with Crippen molar-refractivity contribution in [1.29, 1.82) is 0 Å². The van der Waals surface area contributed by atoms with E-state index >= 15 is 0 Å². The Balaban J connectivity index is 2.17. The van der Waals surface area contributed by atoms with Gasteiger partial charge in [0.05, 0.1) is 25.4 Å². The van der Waals surface area contributed by atoms with Crippen molar-refractivity contribution in [2.24, 2.45) is 5.73 Å². The molecule has 5 unspecified atom stereocenters. The molecule has 15 nitrogen and oxygen atoms in total. The topological polar surface area (TPSA) is 262 Å². The van der Waals surface area contributed by atoms with Gasteiger partial charge in [0.1, 0.15) is 42.7 Å². The predicted molar refractivity (Wildman–Crippen MR) is 99.4 cm³/mol. The van der Waals surface area contributed by atoms with Crippen LogP contribution in [0.4, 0.5) is 0 Å². The Bertz CT molecular complexity index is 668. The zero-order valence-corrected chi connectivity index (χ0v) is 17.1. The van der Waals surface area contributed by atoms with Crippen LogP contribution in [0.5, 0.6) is 0 Å². The van der Waals surface area contributed by atoms with Crippen LogP contribution >= 0.6 is 0 Å². The van der Waals surface area contributed by atoms with Crippen molar-refractivity contribution in [3.63, 3.8) is 0 Å². The van der Waals surface area contributed by atoms with Crippen LogP contribution in [0, 0.1) is 0 Å². The molecular formula is C17H30N2O13. The molecule has 2 fully saturated rings. The van der Waals surface area contributed by atoms with Crippen molar-refractivity contribution < 1.29 is 64.7 Å². The number of carbonyl (C=O) groups is 2. The molecule has 0 aromatic rings. The highest BCUT2D eigenvalue weighted by Gasteiger charge is 2.55. The number of nitrogens with two attached hydrogens (primary N) is 1. The van der Waals surface area contributed by atoms with E-state index in [1.165, 1.54) is 0 Å². The molecule has 0 aliphatic carbocycles. The molecule has 186 valence electrons. The van der Waals surface area contributed by atoms with Gasteiger partial charge in [-0.1, -0.05) is 0 Å². The fourth-order valence-electron chi connectivity index (χ4n) is 3.58. The quantitative estimate of drug-likeness (QED) is 0.158. The molecule has 0 saturated carbocycles. The zero-order chi connectivity index (χ0) is 24.4. The van der Waals surface area contributed by atoms with E-state index < -0.39 is 98.4 Å². The molecule has 1 amide bonds. The van der Waals surface area contributed by atoms with Crippen LogP contribution in [0.25, 0.3) is 0 Å². The highest BCUT2D eigenvalue weighted by atomic mass is 16.7. The van der Waals surface area contributed by atoms with Crippen LogP contribution in [-0.2, 0) is 23.8 Å². The van der Waals surface area contributed by atoms with Gasteiger partial charge in [-0.3, -0.25) is 4.79 Å². The minimum atomic E-state index is -2.62. The molecule has 2 rings (SSSR count). The van der Waals surface area contributed by atoms with E-state index in [0.717, 1.165) is 6.92 Å². The number of carboxylic acids is 1. The van der Waals surface area contributed by atoms with Gasteiger partial charge < -0.3 is 66.1 Å². The fourth-order valence-corrected chi connectivity index (χ4v) is 3.58. The van der Waals surface area contributed by atoms with Crippen LogP contribution in [-0.4, -0.2) is 133 Å². The largest absolute Gasteiger partial charge is 0.477 e. The highest BCUT2D eigenvalue weighted by molar-refractivity contribution is 5.76. The number of aliphatic hydroxyl groups is 7. The number of hydrogen-bond donors (Lipinski definition) is 10. The van der Waals surface area contributed by atoms with Crippen LogP contribution in [0.3, 0.4) is 0 Å². The lowest BCUT2D eigenvalue weighted by Crippen LogP contribution is -2.67. The number of rotatable bonds is 8. The Morgan fingerprint density at radius 1 is 1.22 bits per heavy atom. The molecule has 2 heterocycles. The van der Waals surface area contributed by atoms with Crippen molar-refractivity contribution in [1.82, 2.24) is 5.32 Å². The summed E-state index contributed by atoms with van der Waals surface area (Å²) in [6.07, 6.45) is -14.3. The summed E-state index contributed by atoms with van der Waals surface area (Å²) in [5, 5.41) is 81.4. The predicted octanol–water partition coefficient (Wildman–Crippen LogP) is -6.08. The van der Waals surface area contributed by atoms with Crippen LogP contribution in [0.2, 0.25) is 0 Å². The average molecular weight is 470 g/mol. The molecule has 0 radical (unpaired) electrons. The first-order chi connectivity index (χ1) is 14.8. The lowest BCUT2D eigenvalue weighted by atomic mass is 9.89. The maximum absolute atomic E-state index is 11.9. The van der Waals surface area contributed by atoms with E-state index in [1.54, 1.807) is 0 Å². The Hall–Kier alpha value is -1.50. The lowest BCUT2D eigenvalue weighted by Gasteiger charge is -2.46. The molecule has 0 aromatic carbocycles. The standard InChI is InChI=1S/C17H30N2O13/c1-5(21)19-10-13(26)12(25)8(31-15(10)27)4-30-17(16(28)29)2-6(22)9(18)14(32-17)11(24)7(23)3-20/h6-15,20,22-27H,2-4,18H2,1H3,(H,19,21)(H,28,29)/t6?,7-,8?,9-,10?,11-,12+,13?,14?,15+,17-/m1/s1. The van der Waals surface area contributed by atoms with E-state index in [1.807, 2.05) is 0 Å². The summed E-state index contributed by atoms with van der Waals surface area (Å²) in [5.41, 5.74) is 5.75. The maximum atomic E-state index is 11.9. The van der Waals surface area contributed by atoms with E-state index in [0.29, 0.717) is 0 Å². The van der Waals surface area contributed by atoms with Crippen molar-refractivity contribution >= 4 is 11.9 Å². The molecule has 11 N–H and O–H groups in total. The molecule has 32 heavy (non-hydrogen) atoms. The van der Waals surface area contributed by atoms with Crippen LogP contribution in [0.15, 0.2) is 0 Å². The maximum Gasteiger partial charge on any atom is 0.364 e. The van der Waals surface area contributed by atoms with E-state index in [-0.39, 0.29) is 0 Å². The van der Waals surface area contributed by atoms with E-state index in [9.17, 15) is 45.3 Å². The molecule has 2 saturated heterocycles. The minimum Gasteiger partial charge on any atom is -0.477 e. The summed E-state index contributed by atoms with van der Waals surface area (Å²) in [7, 11) is 0. The van der Waals surface area contributed by atoms with Gasteiger partial charge in [0.15, 0.2) is 6.29 Å². The second kappa shape index (κ2) is 10.6. The van der Waals surface area contributed by atoms with Crippen molar-refractivity contribution in [2.75, 3.05) is 13.2 Å². The van der Waals surface area contributed by atoms with Gasteiger partial charge in [0.2, 0.25) is 5.91 Å². The number of aliphatic hydroxyl groups excluding tert-OH is 7. The van der Waals surface area contributed by atoms with Gasteiger partial charge in [-0.15, -0.1) is 0 Å². The first kappa shape index (κ1) is 26.7. The summed E-state index contributed by atoms with van der Waals surface area (Å²) in [5.74, 6) is -4.98. The molecule has 2 aliphatic rings. The van der Waals surface area contributed by atoms with Crippen molar-refractivity contribution in [3.8, 4) is 0 Å². The Labute approximate surface area is 181 Å². The van der Waals surface area contributed by atoms with Gasteiger partial charge in [0.25, 0.3) is 5.79 Å². The van der Waals surface area contributed by atoms with Gasteiger partial charge in [-0.05, 0) is 0 Å². The SMILES string of the molecule is CC(=O)NC1C(O)[C@@H](O)C(CO[C@]2(C(=O)O)CC(O)[C@@H](N)C([C@H](O)[C@H](O)CO)O2)O[C@@H]1O. The Morgan fingerprint density at radius 3 is 2.38 bits per heavy atom. The molecular weight excluding hydrogens is 440 g/mol. The number of carbonyl (C=O) groups excluding carboxylic acids is 1. The number of aliphatic carboxylic acids is 1. The number of nitrogens with one attached hydrogen (secondary N) is 1. The van der Waals surface area contributed by atoms with Gasteiger partial charge in [0, 0.05) is 13.3 Å². The normalized spacial score (nSPS) is 42.2. The number of hydrogen-bond acceptors (Lipinski definition) is 13. The van der Waals surface area contributed by atoms with Gasteiger partial charge in [-0.25, -0.2) is 4.79 Å². The summed E-state index contributed by atoms with van der Waals surface area (Å²) in [6, 6.07) is -2.71.